The molecule has 4 rings (SSSR count). The molecule has 1 aromatic rings. The Labute approximate surface area is 143 Å². The molecule has 1 saturated carbocycles. The van der Waals surface area contributed by atoms with Gasteiger partial charge < -0.3 is 9.84 Å². The van der Waals surface area contributed by atoms with Gasteiger partial charge in [-0.15, -0.1) is 0 Å². The third-order valence-corrected chi connectivity index (χ3v) is 6.72. The van der Waals surface area contributed by atoms with E-state index >= 15 is 0 Å². The Kier molecular flexibility index (Phi) is 3.35. The van der Waals surface area contributed by atoms with E-state index in [0.717, 1.165) is 48.8 Å². The van der Waals surface area contributed by atoms with Crippen LogP contribution in [0, 0.1) is 16.7 Å². The van der Waals surface area contributed by atoms with Crippen LogP contribution in [0.3, 0.4) is 0 Å². The summed E-state index contributed by atoms with van der Waals surface area (Å²) in [5, 5.41) is 10.7. The van der Waals surface area contributed by atoms with Crippen LogP contribution < -0.4 is 4.74 Å². The SMILES string of the molecule is CCCCCc1cc(O)c2c(c1)OC(=O)C13CCC(C=C21)C3(C)C. The number of carbonyl (C=O) groups excluding carboxylic acids is 1. The molecule has 3 aliphatic rings. The molecular weight excluding hydrogens is 300 g/mol. The number of esters is 1. The highest BCUT2D eigenvalue weighted by Gasteiger charge is 2.67. The number of phenols is 1. The van der Waals surface area contributed by atoms with Crippen molar-refractivity contribution >= 4 is 11.5 Å². The molecule has 0 radical (unpaired) electrons. The number of phenolic OH excluding ortho intramolecular Hbond substituents is 1. The summed E-state index contributed by atoms with van der Waals surface area (Å²) in [5.74, 6) is 1.07. The van der Waals surface area contributed by atoms with Crippen LogP contribution in [0.2, 0.25) is 0 Å². The molecule has 2 unspecified atom stereocenters. The van der Waals surface area contributed by atoms with Gasteiger partial charge in [-0.2, -0.15) is 0 Å². The Hall–Kier alpha value is -1.77. The van der Waals surface area contributed by atoms with Gasteiger partial charge in [-0.25, -0.2) is 0 Å². The molecule has 2 bridgehead atoms. The third-order valence-electron chi connectivity index (χ3n) is 6.72. The molecule has 128 valence electrons. The number of allylic oxidation sites excluding steroid dienone is 1. The van der Waals surface area contributed by atoms with Gasteiger partial charge in [0.1, 0.15) is 11.5 Å². The minimum absolute atomic E-state index is 0.128. The maximum atomic E-state index is 13.0. The van der Waals surface area contributed by atoms with Gasteiger partial charge in [-0.1, -0.05) is 39.7 Å². The Morgan fingerprint density at radius 2 is 2.08 bits per heavy atom. The van der Waals surface area contributed by atoms with E-state index in [1.165, 1.54) is 6.42 Å². The predicted molar refractivity (Wildman–Crippen MR) is 93.9 cm³/mol. The maximum Gasteiger partial charge on any atom is 0.322 e. The summed E-state index contributed by atoms with van der Waals surface area (Å²) in [7, 11) is 0. The monoisotopic (exact) mass is 326 g/mol. The van der Waals surface area contributed by atoms with E-state index in [0.29, 0.717) is 11.7 Å². The number of aromatic hydroxyl groups is 1. The van der Waals surface area contributed by atoms with Crippen molar-refractivity contribution in [2.24, 2.45) is 16.7 Å². The number of rotatable bonds is 4. The highest BCUT2D eigenvalue weighted by Crippen LogP contribution is 2.71. The Morgan fingerprint density at radius 1 is 1.29 bits per heavy atom. The molecule has 2 aliphatic carbocycles. The fourth-order valence-electron chi connectivity index (χ4n) is 5.18. The lowest BCUT2D eigenvalue weighted by atomic mass is 9.63. The molecule has 0 saturated heterocycles. The zero-order chi connectivity index (χ0) is 17.1. The molecule has 0 amide bonds. The van der Waals surface area contributed by atoms with E-state index in [-0.39, 0.29) is 17.1 Å². The van der Waals surface area contributed by atoms with Crippen molar-refractivity contribution in [2.75, 3.05) is 0 Å². The second-order valence-electron chi connectivity index (χ2n) is 8.19. The van der Waals surface area contributed by atoms with Crippen LogP contribution in [0.5, 0.6) is 11.5 Å². The van der Waals surface area contributed by atoms with Crippen LogP contribution in [-0.2, 0) is 11.2 Å². The molecule has 1 aliphatic heterocycles. The average Bonchev–Trinajstić information content (AvgIpc) is 2.91. The van der Waals surface area contributed by atoms with Gasteiger partial charge in [-0.05, 0) is 60.3 Å². The zero-order valence-corrected chi connectivity index (χ0v) is 14.8. The van der Waals surface area contributed by atoms with E-state index in [1.54, 1.807) is 0 Å². The maximum absolute atomic E-state index is 13.0. The quantitative estimate of drug-likeness (QED) is 0.488. The molecule has 1 N–H and O–H groups in total. The van der Waals surface area contributed by atoms with Gasteiger partial charge in [0.2, 0.25) is 0 Å². The lowest BCUT2D eigenvalue weighted by molar-refractivity contribution is -0.147. The number of hydrogen-bond acceptors (Lipinski definition) is 3. The lowest BCUT2D eigenvalue weighted by Crippen LogP contribution is -2.45. The molecule has 1 spiro atoms. The molecule has 1 heterocycles. The van der Waals surface area contributed by atoms with Crippen LogP contribution in [0.4, 0.5) is 0 Å². The molecular formula is C21H26O3. The van der Waals surface area contributed by atoms with Crippen LogP contribution in [0.1, 0.15) is 64.0 Å². The van der Waals surface area contributed by atoms with Crippen molar-refractivity contribution in [3.63, 3.8) is 0 Å². The number of hydrogen-bond donors (Lipinski definition) is 1. The Bertz CT molecular complexity index is 744. The van der Waals surface area contributed by atoms with Crippen molar-refractivity contribution in [2.45, 2.75) is 59.3 Å². The lowest BCUT2D eigenvalue weighted by Gasteiger charge is -2.41. The fraction of sp³-hybridized carbons (Fsp3) is 0.571. The minimum Gasteiger partial charge on any atom is -0.507 e. The van der Waals surface area contributed by atoms with Crippen molar-refractivity contribution in [1.82, 2.24) is 0 Å². The van der Waals surface area contributed by atoms with Gasteiger partial charge in [-0.3, -0.25) is 4.79 Å². The van der Waals surface area contributed by atoms with Gasteiger partial charge in [0, 0.05) is 0 Å². The number of fused-ring (bicyclic) bond motifs is 3. The van der Waals surface area contributed by atoms with Crippen LogP contribution >= 0.6 is 0 Å². The second kappa shape index (κ2) is 5.11. The summed E-state index contributed by atoms with van der Waals surface area (Å²) in [5.41, 5.74) is 2.10. The van der Waals surface area contributed by atoms with Gasteiger partial charge >= 0.3 is 5.97 Å². The van der Waals surface area contributed by atoms with Crippen molar-refractivity contribution in [3.8, 4) is 11.5 Å². The van der Waals surface area contributed by atoms with E-state index in [4.69, 9.17) is 4.74 Å². The van der Waals surface area contributed by atoms with Crippen molar-refractivity contribution < 1.29 is 14.6 Å². The largest absolute Gasteiger partial charge is 0.507 e. The summed E-state index contributed by atoms with van der Waals surface area (Å²) < 4.78 is 5.79. The first-order valence-corrected chi connectivity index (χ1v) is 9.22. The smallest absolute Gasteiger partial charge is 0.322 e. The Morgan fingerprint density at radius 3 is 2.79 bits per heavy atom. The van der Waals surface area contributed by atoms with Gasteiger partial charge in [0.05, 0.1) is 11.0 Å². The molecule has 2 atom stereocenters. The number of unbranched alkanes of at least 4 members (excludes halogenated alkanes) is 2. The summed E-state index contributed by atoms with van der Waals surface area (Å²) >= 11 is 0. The first kappa shape index (κ1) is 15.7. The minimum atomic E-state index is -0.578. The zero-order valence-electron chi connectivity index (χ0n) is 14.8. The topological polar surface area (TPSA) is 46.5 Å². The molecule has 3 nitrogen and oxygen atoms in total. The average molecular weight is 326 g/mol. The first-order chi connectivity index (χ1) is 11.4. The van der Waals surface area contributed by atoms with E-state index in [9.17, 15) is 9.90 Å². The molecule has 3 heteroatoms. The summed E-state index contributed by atoms with van der Waals surface area (Å²) in [6, 6.07) is 3.82. The van der Waals surface area contributed by atoms with E-state index in [1.807, 2.05) is 12.1 Å². The molecule has 1 fully saturated rings. The number of carbonyl (C=O) groups is 1. The summed E-state index contributed by atoms with van der Waals surface area (Å²) in [6.45, 7) is 6.50. The Balaban J connectivity index is 1.78. The third kappa shape index (κ3) is 1.81. The molecule has 1 aromatic carbocycles. The fourth-order valence-corrected chi connectivity index (χ4v) is 5.18. The predicted octanol–water partition coefficient (Wildman–Crippen LogP) is 4.86. The number of aryl methyl sites for hydroxylation is 1. The number of benzene rings is 1. The van der Waals surface area contributed by atoms with Crippen LogP contribution in [0.15, 0.2) is 18.2 Å². The summed E-state index contributed by atoms with van der Waals surface area (Å²) in [4.78, 5) is 13.0. The highest BCUT2D eigenvalue weighted by molar-refractivity contribution is 6.03. The first-order valence-electron chi connectivity index (χ1n) is 9.22. The standard InChI is InChI=1S/C21H26O3/c1-4-5-6-7-13-10-16(22)18-15-12-14-8-9-21(15,20(14,2)3)19(23)24-17(18)11-13/h10-12,14,22H,4-9H2,1-3H3. The van der Waals surface area contributed by atoms with E-state index in [2.05, 4.69) is 26.8 Å². The molecule has 0 aromatic heterocycles. The van der Waals surface area contributed by atoms with Gasteiger partial charge in [0.15, 0.2) is 0 Å². The van der Waals surface area contributed by atoms with Crippen molar-refractivity contribution in [1.29, 1.82) is 0 Å². The van der Waals surface area contributed by atoms with Crippen molar-refractivity contribution in [3.05, 3.63) is 29.3 Å². The number of ether oxygens (including phenoxy) is 1. The van der Waals surface area contributed by atoms with Gasteiger partial charge in [0.25, 0.3) is 0 Å². The van der Waals surface area contributed by atoms with Crippen LogP contribution in [0.25, 0.3) is 5.57 Å². The van der Waals surface area contributed by atoms with E-state index < -0.39 is 5.41 Å². The second-order valence-corrected chi connectivity index (χ2v) is 8.19. The summed E-state index contributed by atoms with van der Waals surface area (Å²) in [6.07, 6.45) is 8.40. The van der Waals surface area contributed by atoms with Crippen LogP contribution in [-0.4, -0.2) is 11.1 Å². The normalized spacial score (nSPS) is 29.0. The molecule has 24 heavy (non-hydrogen) atoms. The highest BCUT2D eigenvalue weighted by atomic mass is 16.5.